The van der Waals surface area contributed by atoms with Gasteiger partial charge in [-0.3, -0.25) is 4.79 Å². The molecule has 0 saturated carbocycles. The van der Waals surface area contributed by atoms with Crippen LogP contribution in [0.4, 0.5) is 0 Å². The Bertz CT molecular complexity index is 195. The normalized spacial score (nSPS) is 22.0. The van der Waals surface area contributed by atoms with E-state index in [9.17, 15) is 4.79 Å². The van der Waals surface area contributed by atoms with Gasteiger partial charge >= 0.3 is 0 Å². The van der Waals surface area contributed by atoms with E-state index in [0.29, 0.717) is 12.6 Å². The fraction of sp³-hybridized carbons (Fsp3) is 0.900. The third-order valence-electron chi connectivity index (χ3n) is 2.57. The van der Waals surface area contributed by atoms with Crippen LogP contribution < -0.4 is 5.32 Å². The number of hydrogen-bond acceptors (Lipinski definition) is 3. The highest BCUT2D eigenvalue weighted by Gasteiger charge is 2.27. The second kappa shape index (κ2) is 5.32. The van der Waals surface area contributed by atoms with Crippen molar-refractivity contribution in [1.82, 2.24) is 10.2 Å². The molecule has 0 spiro atoms. The summed E-state index contributed by atoms with van der Waals surface area (Å²) in [5.41, 5.74) is 0. The lowest BCUT2D eigenvalue weighted by molar-refractivity contribution is -0.131. The minimum Gasteiger partial charge on any atom is -0.394 e. The molecule has 1 fully saturated rings. The molecule has 0 bridgehead atoms. The van der Waals surface area contributed by atoms with Crippen LogP contribution in [-0.4, -0.2) is 47.7 Å². The fourth-order valence-electron chi connectivity index (χ4n) is 1.75. The minimum atomic E-state index is 0.0523. The van der Waals surface area contributed by atoms with Crippen LogP contribution in [0, 0.1) is 0 Å². The highest BCUT2D eigenvalue weighted by Crippen LogP contribution is 2.16. The lowest BCUT2D eigenvalue weighted by atomic mass is 10.2. The van der Waals surface area contributed by atoms with E-state index in [4.69, 9.17) is 5.11 Å². The average Bonchev–Trinajstić information content (AvgIpc) is 2.61. The average molecular weight is 200 g/mol. The van der Waals surface area contributed by atoms with Gasteiger partial charge in [0.2, 0.25) is 5.91 Å². The Morgan fingerprint density at radius 3 is 2.93 bits per heavy atom. The Morgan fingerprint density at radius 1 is 1.64 bits per heavy atom. The first-order chi connectivity index (χ1) is 6.65. The van der Waals surface area contributed by atoms with Gasteiger partial charge in [0.1, 0.15) is 0 Å². The van der Waals surface area contributed by atoms with Gasteiger partial charge in [0.05, 0.1) is 19.2 Å². The van der Waals surface area contributed by atoms with Crippen LogP contribution in [0.3, 0.4) is 0 Å². The molecule has 1 aliphatic heterocycles. The van der Waals surface area contributed by atoms with Gasteiger partial charge in [-0.2, -0.15) is 0 Å². The summed E-state index contributed by atoms with van der Waals surface area (Å²) >= 11 is 0. The highest BCUT2D eigenvalue weighted by molar-refractivity contribution is 5.78. The number of aliphatic hydroxyl groups is 1. The maximum Gasteiger partial charge on any atom is 0.236 e. The van der Waals surface area contributed by atoms with Crippen LogP contribution in [0.5, 0.6) is 0 Å². The zero-order chi connectivity index (χ0) is 10.6. The molecule has 0 aromatic heterocycles. The summed E-state index contributed by atoms with van der Waals surface area (Å²) in [6.07, 6.45) is 1.95. The van der Waals surface area contributed by atoms with Gasteiger partial charge in [0.15, 0.2) is 0 Å². The molecule has 1 rings (SSSR count). The standard InChI is InChI=1S/C10H20N2O2/c1-8(2)11-6-10(14)12-5-3-4-9(12)7-13/h8-9,11,13H,3-7H2,1-2H3/t9-/m0/s1. The molecule has 82 valence electrons. The van der Waals surface area contributed by atoms with Crippen molar-refractivity contribution >= 4 is 5.91 Å². The van der Waals surface area contributed by atoms with Crippen LogP contribution >= 0.6 is 0 Å². The molecule has 0 unspecified atom stereocenters. The van der Waals surface area contributed by atoms with Crippen LogP contribution in [0.1, 0.15) is 26.7 Å². The molecule has 0 aromatic rings. The molecule has 1 saturated heterocycles. The van der Waals surface area contributed by atoms with Crippen LogP contribution in [0.15, 0.2) is 0 Å². The quantitative estimate of drug-likeness (QED) is 0.670. The van der Waals surface area contributed by atoms with Crippen molar-refractivity contribution in [3.05, 3.63) is 0 Å². The molecule has 0 aromatic carbocycles. The van der Waals surface area contributed by atoms with Crippen molar-refractivity contribution in [2.75, 3.05) is 19.7 Å². The van der Waals surface area contributed by atoms with E-state index < -0.39 is 0 Å². The summed E-state index contributed by atoms with van der Waals surface area (Å²) in [6, 6.07) is 0.380. The molecule has 14 heavy (non-hydrogen) atoms. The minimum absolute atomic E-state index is 0.0523. The topological polar surface area (TPSA) is 52.6 Å². The number of carbonyl (C=O) groups is 1. The first-order valence-electron chi connectivity index (χ1n) is 5.29. The summed E-state index contributed by atoms with van der Waals surface area (Å²) in [7, 11) is 0. The summed E-state index contributed by atoms with van der Waals surface area (Å²) in [5.74, 6) is 0.107. The van der Waals surface area contributed by atoms with Crippen LogP contribution in [0.25, 0.3) is 0 Å². The molecule has 1 aliphatic rings. The lowest BCUT2D eigenvalue weighted by Gasteiger charge is -2.23. The molecule has 0 aliphatic carbocycles. The maximum atomic E-state index is 11.7. The van der Waals surface area contributed by atoms with Crippen LogP contribution in [-0.2, 0) is 4.79 Å². The third kappa shape index (κ3) is 2.96. The van der Waals surface area contributed by atoms with Gasteiger partial charge in [-0.15, -0.1) is 0 Å². The first kappa shape index (κ1) is 11.5. The number of hydrogen-bond donors (Lipinski definition) is 2. The van der Waals surface area contributed by atoms with Crippen molar-refractivity contribution in [1.29, 1.82) is 0 Å². The molecule has 1 amide bonds. The first-order valence-corrected chi connectivity index (χ1v) is 5.29. The van der Waals surface area contributed by atoms with Crippen molar-refractivity contribution < 1.29 is 9.90 Å². The maximum absolute atomic E-state index is 11.7. The Morgan fingerprint density at radius 2 is 2.36 bits per heavy atom. The summed E-state index contributed by atoms with van der Waals surface area (Å²) in [5, 5.41) is 12.1. The number of rotatable bonds is 4. The third-order valence-corrected chi connectivity index (χ3v) is 2.57. The van der Waals surface area contributed by atoms with Crippen molar-refractivity contribution in [2.24, 2.45) is 0 Å². The summed E-state index contributed by atoms with van der Waals surface area (Å²) in [6.45, 7) is 5.30. The number of amides is 1. The van der Waals surface area contributed by atoms with Gasteiger partial charge in [-0.05, 0) is 12.8 Å². The van der Waals surface area contributed by atoms with E-state index in [1.807, 2.05) is 13.8 Å². The van der Waals surface area contributed by atoms with E-state index >= 15 is 0 Å². The molecular weight excluding hydrogens is 180 g/mol. The largest absolute Gasteiger partial charge is 0.394 e. The molecule has 4 nitrogen and oxygen atoms in total. The molecule has 1 atom stereocenters. The zero-order valence-electron chi connectivity index (χ0n) is 8.99. The lowest BCUT2D eigenvalue weighted by Crippen LogP contribution is -2.43. The number of carbonyl (C=O) groups excluding carboxylic acids is 1. The van der Waals surface area contributed by atoms with Gasteiger partial charge in [0.25, 0.3) is 0 Å². The molecular formula is C10H20N2O2. The zero-order valence-corrected chi connectivity index (χ0v) is 8.99. The number of nitrogens with zero attached hydrogens (tertiary/aromatic N) is 1. The SMILES string of the molecule is CC(C)NCC(=O)N1CCC[C@H]1CO. The molecule has 1 heterocycles. The van der Waals surface area contributed by atoms with Crippen molar-refractivity contribution in [3.63, 3.8) is 0 Å². The second-order valence-corrected chi connectivity index (χ2v) is 4.10. The van der Waals surface area contributed by atoms with Crippen molar-refractivity contribution in [2.45, 2.75) is 38.8 Å². The molecule has 0 radical (unpaired) electrons. The van der Waals surface area contributed by atoms with E-state index in [-0.39, 0.29) is 18.6 Å². The molecule has 2 N–H and O–H groups in total. The predicted octanol–water partition coefficient (Wildman–Crippen LogP) is -0.0323. The van der Waals surface area contributed by atoms with E-state index in [0.717, 1.165) is 19.4 Å². The van der Waals surface area contributed by atoms with Gasteiger partial charge in [0, 0.05) is 12.6 Å². The van der Waals surface area contributed by atoms with E-state index in [1.165, 1.54) is 0 Å². The monoisotopic (exact) mass is 200 g/mol. The Labute approximate surface area is 85.3 Å². The highest BCUT2D eigenvalue weighted by atomic mass is 16.3. The van der Waals surface area contributed by atoms with E-state index in [1.54, 1.807) is 4.90 Å². The van der Waals surface area contributed by atoms with Crippen LogP contribution in [0.2, 0.25) is 0 Å². The summed E-state index contributed by atoms with van der Waals surface area (Å²) in [4.78, 5) is 13.5. The Kier molecular flexibility index (Phi) is 4.35. The number of likely N-dealkylation sites (tertiary alicyclic amines) is 1. The second-order valence-electron chi connectivity index (χ2n) is 4.10. The summed E-state index contributed by atoms with van der Waals surface area (Å²) < 4.78 is 0. The Balaban J connectivity index is 2.35. The Hall–Kier alpha value is -0.610. The van der Waals surface area contributed by atoms with E-state index in [2.05, 4.69) is 5.32 Å². The van der Waals surface area contributed by atoms with Crippen molar-refractivity contribution in [3.8, 4) is 0 Å². The predicted molar refractivity (Wildman–Crippen MR) is 55.0 cm³/mol. The fourth-order valence-corrected chi connectivity index (χ4v) is 1.75. The van der Waals surface area contributed by atoms with Gasteiger partial charge in [-0.1, -0.05) is 13.8 Å². The van der Waals surface area contributed by atoms with Gasteiger partial charge in [-0.25, -0.2) is 0 Å². The molecule has 4 heteroatoms. The van der Waals surface area contributed by atoms with Gasteiger partial charge < -0.3 is 15.3 Å². The number of nitrogens with one attached hydrogen (secondary N) is 1. The number of aliphatic hydroxyl groups excluding tert-OH is 1. The smallest absolute Gasteiger partial charge is 0.236 e.